The van der Waals surface area contributed by atoms with Crippen molar-refractivity contribution < 1.29 is 14.3 Å². The van der Waals surface area contributed by atoms with E-state index in [-0.39, 0.29) is 30.8 Å². The van der Waals surface area contributed by atoms with Crippen LogP contribution in [0.1, 0.15) is 38.4 Å². The number of nitrogens with zero attached hydrogens (tertiary/aromatic N) is 4. The highest BCUT2D eigenvalue weighted by atomic mass is 35.5. The van der Waals surface area contributed by atoms with Crippen LogP contribution in [0.5, 0.6) is 0 Å². The highest BCUT2D eigenvalue weighted by molar-refractivity contribution is 5.85. The largest absolute Gasteiger partial charge is 0.464 e. The third kappa shape index (κ3) is 6.61. The molecular formula is C18H31ClN4O3. The maximum absolute atomic E-state index is 12.4. The van der Waals surface area contributed by atoms with Gasteiger partial charge in [0.25, 0.3) is 0 Å². The van der Waals surface area contributed by atoms with E-state index >= 15 is 0 Å². The number of ether oxygens (including phenoxy) is 1. The van der Waals surface area contributed by atoms with Crippen LogP contribution >= 0.6 is 12.4 Å². The van der Waals surface area contributed by atoms with Gasteiger partial charge in [0, 0.05) is 44.4 Å². The molecule has 0 unspecified atom stereocenters. The van der Waals surface area contributed by atoms with Crippen LogP contribution < -0.4 is 0 Å². The Labute approximate surface area is 162 Å². The second-order valence-electron chi connectivity index (χ2n) is 6.77. The molecule has 0 bridgehead atoms. The predicted octanol–water partition coefficient (Wildman–Crippen LogP) is 1.74. The van der Waals surface area contributed by atoms with E-state index in [4.69, 9.17) is 4.74 Å². The Morgan fingerprint density at radius 1 is 1.31 bits per heavy atom. The fourth-order valence-corrected chi connectivity index (χ4v) is 3.12. The molecule has 1 fully saturated rings. The van der Waals surface area contributed by atoms with Gasteiger partial charge in [-0.05, 0) is 33.4 Å². The first-order valence-corrected chi connectivity index (χ1v) is 9.11. The lowest BCUT2D eigenvalue weighted by atomic mass is 10.0. The summed E-state index contributed by atoms with van der Waals surface area (Å²) in [5.74, 6) is 0.656. The molecule has 7 nitrogen and oxygen atoms in total. The molecule has 0 atom stereocenters. The molecule has 2 rings (SSSR count). The highest BCUT2D eigenvalue weighted by Gasteiger charge is 2.23. The van der Waals surface area contributed by atoms with Crippen molar-refractivity contribution in [3.63, 3.8) is 0 Å². The number of likely N-dealkylation sites (tertiary alicyclic amines) is 1. The maximum Gasteiger partial charge on any atom is 0.325 e. The van der Waals surface area contributed by atoms with E-state index in [1.54, 1.807) is 17.0 Å². The van der Waals surface area contributed by atoms with E-state index in [0.29, 0.717) is 25.5 Å². The van der Waals surface area contributed by atoms with Crippen LogP contribution in [-0.4, -0.2) is 71.1 Å². The number of carbonyl (C=O) groups is 2. The van der Waals surface area contributed by atoms with Crippen molar-refractivity contribution in [3.05, 3.63) is 18.2 Å². The summed E-state index contributed by atoms with van der Waals surface area (Å²) in [7, 11) is 4.18. The second-order valence-corrected chi connectivity index (χ2v) is 6.77. The Morgan fingerprint density at radius 2 is 2.00 bits per heavy atom. The maximum atomic E-state index is 12.4. The summed E-state index contributed by atoms with van der Waals surface area (Å²) in [6.45, 7) is 4.18. The van der Waals surface area contributed by atoms with Crippen LogP contribution in [0, 0.1) is 0 Å². The van der Waals surface area contributed by atoms with Crippen LogP contribution in [0.2, 0.25) is 0 Å². The van der Waals surface area contributed by atoms with Crippen molar-refractivity contribution in [2.75, 3.05) is 33.8 Å². The van der Waals surface area contributed by atoms with E-state index in [1.165, 1.54) is 0 Å². The molecule has 1 aliphatic rings. The molecular weight excluding hydrogens is 356 g/mol. The van der Waals surface area contributed by atoms with Gasteiger partial charge in [-0.3, -0.25) is 9.59 Å². The third-order valence-corrected chi connectivity index (χ3v) is 4.68. The Morgan fingerprint density at radius 3 is 2.62 bits per heavy atom. The minimum Gasteiger partial charge on any atom is -0.464 e. The first-order valence-electron chi connectivity index (χ1n) is 9.11. The van der Waals surface area contributed by atoms with Crippen molar-refractivity contribution >= 4 is 24.3 Å². The van der Waals surface area contributed by atoms with Gasteiger partial charge >= 0.3 is 5.97 Å². The molecule has 1 aromatic rings. The molecule has 1 amide bonds. The van der Waals surface area contributed by atoms with Crippen LogP contribution in [0.4, 0.5) is 0 Å². The normalized spacial score (nSPS) is 15.0. The van der Waals surface area contributed by atoms with Crippen LogP contribution in [-0.2, 0) is 27.3 Å². The number of carbonyl (C=O) groups excluding carboxylic acids is 2. The van der Waals surface area contributed by atoms with Crippen molar-refractivity contribution in [1.82, 2.24) is 19.4 Å². The standard InChI is InChI=1S/C18H30N4O3.ClH/c1-4-13-25-18(24)14-22-12-9-19-16(22)5-6-17(23)21-10-7-15(8-11-21)20(2)3;/h9,12,15H,4-8,10-11,13-14H2,1-3H3;1H. The minimum absolute atomic E-state index is 0. The SMILES string of the molecule is CCCOC(=O)Cn1ccnc1CCC(=O)N1CCC(N(C)C)CC1.Cl. The molecule has 26 heavy (non-hydrogen) atoms. The number of piperidine rings is 1. The quantitative estimate of drug-likeness (QED) is 0.636. The van der Waals surface area contributed by atoms with Gasteiger partial charge < -0.3 is 19.1 Å². The summed E-state index contributed by atoms with van der Waals surface area (Å²) < 4.78 is 6.87. The van der Waals surface area contributed by atoms with Crippen molar-refractivity contribution in [1.29, 1.82) is 0 Å². The Bertz CT molecular complexity index is 569. The monoisotopic (exact) mass is 386 g/mol. The second kappa shape index (κ2) is 11.2. The summed E-state index contributed by atoms with van der Waals surface area (Å²) in [5, 5.41) is 0. The lowest BCUT2D eigenvalue weighted by molar-refractivity contribution is -0.144. The topological polar surface area (TPSA) is 67.7 Å². The lowest BCUT2D eigenvalue weighted by Crippen LogP contribution is -2.44. The number of esters is 1. The van der Waals surface area contributed by atoms with Crippen molar-refractivity contribution in [2.24, 2.45) is 0 Å². The van der Waals surface area contributed by atoms with Gasteiger partial charge in [-0.1, -0.05) is 6.92 Å². The van der Waals surface area contributed by atoms with E-state index in [9.17, 15) is 9.59 Å². The molecule has 0 spiro atoms. The molecule has 1 aliphatic heterocycles. The van der Waals surface area contributed by atoms with E-state index in [0.717, 1.165) is 38.2 Å². The summed E-state index contributed by atoms with van der Waals surface area (Å²) in [5.41, 5.74) is 0. The average Bonchev–Trinajstić information content (AvgIpc) is 3.04. The number of aromatic nitrogens is 2. The number of rotatable bonds is 8. The lowest BCUT2D eigenvalue weighted by Gasteiger charge is -2.35. The summed E-state index contributed by atoms with van der Waals surface area (Å²) in [6, 6.07) is 0.567. The van der Waals surface area contributed by atoms with E-state index in [2.05, 4.69) is 24.0 Å². The molecule has 1 aromatic heterocycles. The molecule has 8 heteroatoms. The number of imidazole rings is 1. The number of hydrogen-bond acceptors (Lipinski definition) is 5. The predicted molar refractivity (Wildman–Crippen MR) is 102 cm³/mol. The van der Waals surface area contributed by atoms with Crippen LogP contribution in [0.15, 0.2) is 12.4 Å². The van der Waals surface area contributed by atoms with Gasteiger partial charge in [0.15, 0.2) is 0 Å². The Hall–Kier alpha value is -1.60. The molecule has 0 aliphatic carbocycles. The van der Waals surface area contributed by atoms with E-state index in [1.807, 2.05) is 11.8 Å². The van der Waals surface area contributed by atoms with Gasteiger partial charge in [-0.15, -0.1) is 12.4 Å². The number of hydrogen-bond donors (Lipinski definition) is 0. The summed E-state index contributed by atoms with van der Waals surface area (Å²) >= 11 is 0. The number of halogens is 1. The van der Waals surface area contributed by atoms with Gasteiger partial charge in [0.05, 0.1) is 6.61 Å². The number of amides is 1. The smallest absolute Gasteiger partial charge is 0.325 e. The van der Waals surface area contributed by atoms with Gasteiger partial charge in [0.2, 0.25) is 5.91 Å². The van der Waals surface area contributed by atoms with Crippen LogP contribution in [0.3, 0.4) is 0 Å². The Balaban J connectivity index is 0.00000338. The zero-order valence-electron chi connectivity index (χ0n) is 16.0. The molecule has 148 valence electrons. The number of aryl methyl sites for hydroxylation is 1. The first kappa shape index (κ1) is 22.4. The molecule has 0 radical (unpaired) electrons. The van der Waals surface area contributed by atoms with Crippen LogP contribution in [0.25, 0.3) is 0 Å². The van der Waals surface area contributed by atoms with Gasteiger partial charge in [-0.25, -0.2) is 4.98 Å². The van der Waals surface area contributed by atoms with Crippen molar-refractivity contribution in [3.8, 4) is 0 Å². The van der Waals surface area contributed by atoms with Crippen molar-refractivity contribution in [2.45, 2.75) is 51.6 Å². The minimum atomic E-state index is -0.266. The molecule has 0 saturated carbocycles. The van der Waals surface area contributed by atoms with Gasteiger partial charge in [-0.2, -0.15) is 0 Å². The third-order valence-electron chi connectivity index (χ3n) is 4.68. The average molecular weight is 387 g/mol. The molecule has 0 N–H and O–H groups in total. The first-order chi connectivity index (χ1) is 12.0. The highest BCUT2D eigenvalue weighted by Crippen LogP contribution is 2.15. The fraction of sp³-hybridized carbons (Fsp3) is 0.722. The van der Waals surface area contributed by atoms with Gasteiger partial charge in [0.1, 0.15) is 12.4 Å². The molecule has 1 saturated heterocycles. The molecule has 2 heterocycles. The zero-order valence-corrected chi connectivity index (χ0v) is 16.8. The Kier molecular flexibility index (Phi) is 9.65. The summed E-state index contributed by atoms with van der Waals surface area (Å²) in [6.07, 6.45) is 7.24. The molecule has 0 aromatic carbocycles. The fourth-order valence-electron chi connectivity index (χ4n) is 3.12. The summed E-state index contributed by atoms with van der Waals surface area (Å²) in [4.78, 5) is 32.6. The zero-order chi connectivity index (χ0) is 18.2. The van der Waals surface area contributed by atoms with E-state index < -0.39 is 0 Å².